The molecule has 2 aromatic heterocycles. The Hall–Kier alpha value is -3.66. The molecule has 234 valence electrons. The predicted octanol–water partition coefficient (Wildman–Crippen LogP) is 5.04. The number of ether oxygens (including phenoxy) is 2. The topological polar surface area (TPSA) is 108 Å². The molecule has 5 heterocycles. The summed E-state index contributed by atoms with van der Waals surface area (Å²) in [6.07, 6.45) is 9.38. The molecule has 1 saturated carbocycles. The molecule has 1 aromatic carbocycles. The summed E-state index contributed by atoms with van der Waals surface area (Å²) < 4.78 is 25.3. The van der Waals surface area contributed by atoms with Gasteiger partial charge in [-0.3, -0.25) is 9.78 Å². The maximum absolute atomic E-state index is 12.8. The number of anilines is 2. The van der Waals surface area contributed by atoms with E-state index in [4.69, 9.17) is 31.0 Å². The molecule has 10 nitrogen and oxygen atoms in total. The van der Waals surface area contributed by atoms with Crippen LogP contribution < -0.4 is 14.5 Å². The third-order valence-corrected chi connectivity index (χ3v) is 10.3. The van der Waals surface area contributed by atoms with Crippen molar-refractivity contribution >= 4 is 51.5 Å². The van der Waals surface area contributed by atoms with Crippen molar-refractivity contribution in [1.29, 1.82) is 5.26 Å². The van der Waals surface area contributed by atoms with Crippen molar-refractivity contribution in [2.75, 3.05) is 42.7 Å². The van der Waals surface area contributed by atoms with Crippen LogP contribution in [-0.2, 0) is 22.5 Å². The van der Waals surface area contributed by atoms with E-state index in [1.165, 1.54) is 12.2 Å². The Kier molecular flexibility index (Phi) is 8.18. The molecule has 3 atom stereocenters. The van der Waals surface area contributed by atoms with Crippen molar-refractivity contribution in [3.8, 4) is 12.1 Å². The Bertz CT molecular complexity index is 1700. The second-order valence-corrected chi connectivity index (χ2v) is 13.8. The largest absolute Gasteiger partial charge is 0.445 e. The van der Waals surface area contributed by atoms with Gasteiger partial charge in [-0.1, -0.05) is 35.5 Å². The van der Waals surface area contributed by atoms with Gasteiger partial charge in [0.2, 0.25) is 5.91 Å². The zero-order chi connectivity index (χ0) is 31.1. The van der Waals surface area contributed by atoms with Gasteiger partial charge in [-0.15, -0.1) is 0 Å². The number of carbonyl (C=O) groups excluding carboxylic acids is 1. The Labute approximate surface area is 270 Å². The number of amides is 1. The highest BCUT2D eigenvalue weighted by Crippen LogP contribution is 2.56. The minimum absolute atomic E-state index is 0.153. The minimum Gasteiger partial charge on any atom is -0.445 e. The number of thioether (sulfide) groups is 1. The molecule has 0 radical (unpaired) electrons. The van der Waals surface area contributed by atoms with Crippen molar-refractivity contribution in [1.82, 2.24) is 19.9 Å². The SMILES string of the molecule is C[C@]1(OC2CC2)SC1Oc1nc2c(c(N3CCN(C(=O)/C=C/CF)[C@@H](CC#N)C3)n1)CCN(c1cncc3cccc(Cl)c13)C2. The van der Waals surface area contributed by atoms with Gasteiger partial charge in [-0.2, -0.15) is 15.2 Å². The van der Waals surface area contributed by atoms with Crippen LogP contribution in [0.3, 0.4) is 0 Å². The number of piperazine rings is 1. The number of benzene rings is 1. The highest BCUT2D eigenvalue weighted by molar-refractivity contribution is 8.08. The summed E-state index contributed by atoms with van der Waals surface area (Å²) in [4.78, 5) is 32.8. The molecule has 0 N–H and O–H groups in total. The number of halogens is 2. The first kappa shape index (κ1) is 30.0. The fraction of sp³-hybridized carbons (Fsp3) is 0.469. The highest BCUT2D eigenvalue weighted by atomic mass is 35.5. The van der Waals surface area contributed by atoms with Crippen molar-refractivity contribution in [2.24, 2.45) is 0 Å². The van der Waals surface area contributed by atoms with Gasteiger partial charge < -0.3 is 24.2 Å². The Morgan fingerprint density at radius 1 is 1.24 bits per heavy atom. The quantitative estimate of drug-likeness (QED) is 0.231. The maximum Gasteiger partial charge on any atom is 0.319 e. The Morgan fingerprint density at radius 3 is 2.91 bits per heavy atom. The lowest BCUT2D eigenvalue weighted by Gasteiger charge is -2.42. The van der Waals surface area contributed by atoms with Gasteiger partial charge in [0.05, 0.1) is 53.8 Å². The normalized spacial score (nSPS) is 24.5. The summed E-state index contributed by atoms with van der Waals surface area (Å²) in [6, 6.07) is 7.94. The van der Waals surface area contributed by atoms with Crippen LogP contribution in [0.2, 0.25) is 5.02 Å². The average Bonchev–Trinajstić information content (AvgIpc) is 3.97. The minimum atomic E-state index is -0.716. The molecule has 13 heteroatoms. The summed E-state index contributed by atoms with van der Waals surface area (Å²) in [6.45, 7) is 3.84. The standard InChI is InChI=1S/C32H33ClFN7O3S/c1-32(44-22-7-8-22)30(45-32)43-31-37-25-19-39(26-17-36-16-20-4-2-5-24(33)28(20)26)13-10-23(25)29(38-31)40-14-15-41(21(18-40)9-12-35)27(42)6-3-11-34/h2-6,16-17,21-22,30H,7-11,13-15,18-19H2,1H3/b6-3+/t21-,30?,32-/m0/s1. The molecule has 0 spiro atoms. The lowest BCUT2D eigenvalue weighted by atomic mass is 10.0. The van der Waals surface area contributed by atoms with Crippen LogP contribution in [-0.4, -0.2) is 81.1 Å². The smallest absolute Gasteiger partial charge is 0.319 e. The number of hydrogen-bond donors (Lipinski definition) is 0. The zero-order valence-corrected chi connectivity index (χ0v) is 26.4. The van der Waals surface area contributed by atoms with Crippen molar-refractivity contribution < 1.29 is 18.7 Å². The van der Waals surface area contributed by atoms with Crippen molar-refractivity contribution in [3.05, 3.63) is 59.0 Å². The summed E-state index contributed by atoms with van der Waals surface area (Å²) in [5.41, 5.74) is 2.60. The summed E-state index contributed by atoms with van der Waals surface area (Å²) in [7, 11) is 0. The van der Waals surface area contributed by atoms with E-state index in [0.717, 1.165) is 46.4 Å². The van der Waals surface area contributed by atoms with Crippen LogP contribution in [0.1, 0.15) is 37.4 Å². The van der Waals surface area contributed by atoms with Crippen LogP contribution in [0.25, 0.3) is 10.8 Å². The maximum atomic E-state index is 12.8. The van der Waals surface area contributed by atoms with Crippen LogP contribution in [0, 0.1) is 11.3 Å². The Morgan fingerprint density at radius 2 is 2.11 bits per heavy atom. The first-order chi connectivity index (χ1) is 21.9. The van der Waals surface area contributed by atoms with Crippen molar-refractivity contribution in [3.63, 3.8) is 0 Å². The first-order valence-electron chi connectivity index (χ1n) is 15.2. The van der Waals surface area contributed by atoms with Gasteiger partial charge in [0.25, 0.3) is 0 Å². The van der Waals surface area contributed by atoms with E-state index in [9.17, 15) is 14.4 Å². The fourth-order valence-corrected chi connectivity index (χ4v) is 7.25. The lowest BCUT2D eigenvalue weighted by molar-refractivity contribution is -0.128. The number of allylic oxidation sites excluding steroid dienone is 1. The highest BCUT2D eigenvalue weighted by Gasteiger charge is 2.58. The molecular formula is C32H33ClFN7O3S. The molecule has 2 saturated heterocycles. The molecule has 45 heavy (non-hydrogen) atoms. The number of alkyl halides is 1. The number of pyridine rings is 1. The molecule has 3 fully saturated rings. The predicted molar refractivity (Wildman–Crippen MR) is 171 cm³/mol. The van der Waals surface area contributed by atoms with E-state index in [1.54, 1.807) is 16.7 Å². The van der Waals surface area contributed by atoms with E-state index >= 15 is 0 Å². The summed E-state index contributed by atoms with van der Waals surface area (Å²) in [5, 5.41) is 12.2. The van der Waals surface area contributed by atoms with Gasteiger partial charge in [-0.25, -0.2) is 4.39 Å². The van der Waals surface area contributed by atoms with E-state index in [1.807, 2.05) is 37.5 Å². The van der Waals surface area contributed by atoms with Gasteiger partial charge in [0.1, 0.15) is 12.5 Å². The van der Waals surface area contributed by atoms with Gasteiger partial charge in [0, 0.05) is 54.8 Å². The monoisotopic (exact) mass is 649 g/mol. The van der Waals surface area contributed by atoms with Crippen LogP contribution >= 0.6 is 23.4 Å². The van der Waals surface area contributed by atoms with E-state index < -0.39 is 11.6 Å². The number of rotatable bonds is 9. The zero-order valence-electron chi connectivity index (χ0n) is 24.9. The molecule has 1 aliphatic carbocycles. The van der Waals surface area contributed by atoms with Gasteiger partial charge >= 0.3 is 6.01 Å². The van der Waals surface area contributed by atoms with Crippen LogP contribution in [0.5, 0.6) is 6.01 Å². The number of nitrogens with zero attached hydrogens (tertiary/aromatic N) is 7. The second kappa shape index (κ2) is 12.3. The third-order valence-electron chi connectivity index (χ3n) is 8.67. The molecule has 1 unspecified atom stereocenters. The van der Waals surface area contributed by atoms with E-state index in [-0.39, 0.29) is 29.8 Å². The van der Waals surface area contributed by atoms with Gasteiger partial charge in [0.15, 0.2) is 10.4 Å². The number of hydrogen-bond acceptors (Lipinski definition) is 10. The summed E-state index contributed by atoms with van der Waals surface area (Å²) in [5.74, 6) is 0.466. The number of nitriles is 1. The molecule has 4 aliphatic rings. The third kappa shape index (κ3) is 6.13. The Balaban J connectivity index is 1.21. The fourth-order valence-electron chi connectivity index (χ4n) is 6.18. The summed E-state index contributed by atoms with van der Waals surface area (Å²) >= 11 is 8.29. The average molecular weight is 650 g/mol. The van der Waals surface area contributed by atoms with Crippen LogP contribution in [0.15, 0.2) is 42.7 Å². The van der Waals surface area contributed by atoms with Gasteiger partial charge in [-0.05, 0) is 38.3 Å². The number of carbonyl (C=O) groups is 1. The number of fused-ring (bicyclic) bond motifs is 2. The molecule has 3 aromatic rings. The second-order valence-electron chi connectivity index (χ2n) is 11.9. The van der Waals surface area contributed by atoms with Crippen LogP contribution in [0.4, 0.5) is 15.9 Å². The molecule has 0 bridgehead atoms. The molecule has 7 rings (SSSR count). The first-order valence-corrected chi connectivity index (χ1v) is 16.5. The lowest BCUT2D eigenvalue weighted by Crippen LogP contribution is -2.55. The van der Waals surface area contributed by atoms with Crippen molar-refractivity contribution in [2.45, 2.75) is 61.7 Å². The molecule has 3 aliphatic heterocycles. The van der Waals surface area contributed by atoms with E-state index in [0.29, 0.717) is 50.3 Å². The molecule has 1 amide bonds. The van der Waals surface area contributed by atoms with E-state index in [2.05, 4.69) is 20.9 Å². The number of aromatic nitrogens is 3. The molecular weight excluding hydrogens is 617 g/mol.